The summed E-state index contributed by atoms with van der Waals surface area (Å²) in [6.07, 6.45) is 3.78. The Morgan fingerprint density at radius 1 is 1.29 bits per heavy atom. The minimum atomic E-state index is -0.0792. The average Bonchev–Trinajstić information content (AvgIpc) is 3.55. The van der Waals surface area contributed by atoms with E-state index in [2.05, 4.69) is 39.9 Å². The zero-order chi connectivity index (χ0) is 22.0. The van der Waals surface area contributed by atoms with Crippen LogP contribution in [0.5, 0.6) is 0 Å². The molecule has 1 aromatic carbocycles. The smallest absolute Gasteiger partial charge is 0.227 e. The molecule has 4 rings (SSSR count). The monoisotopic (exact) mass is 420 g/mol. The molecular formula is C22H29BN6O2. The third kappa shape index (κ3) is 4.99. The number of aliphatic hydroxyl groups excluding tert-OH is 1. The van der Waals surface area contributed by atoms with E-state index >= 15 is 0 Å². The molecule has 9 heteroatoms. The number of hydrogen-bond donors (Lipinski definition) is 4. The van der Waals surface area contributed by atoms with Gasteiger partial charge in [-0.15, -0.1) is 0 Å². The van der Waals surface area contributed by atoms with Crippen molar-refractivity contribution in [2.75, 3.05) is 22.6 Å². The minimum absolute atomic E-state index is 0.0369. The van der Waals surface area contributed by atoms with Crippen molar-refractivity contribution in [2.45, 2.75) is 39.3 Å². The van der Waals surface area contributed by atoms with Crippen molar-refractivity contribution in [3.8, 4) is 0 Å². The quantitative estimate of drug-likeness (QED) is 0.390. The molecule has 1 saturated carbocycles. The van der Waals surface area contributed by atoms with Crippen LogP contribution in [0.4, 0.5) is 17.3 Å². The lowest BCUT2D eigenvalue weighted by atomic mass is 10.0. The molecule has 1 amide bonds. The maximum absolute atomic E-state index is 11.9. The van der Waals surface area contributed by atoms with Crippen LogP contribution in [-0.2, 0) is 11.3 Å². The molecule has 162 valence electrons. The number of nitrogens with zero attached hydrogens (tertiary/aromatic N) is 3. The van der Waals surface area contributed by atoms with Gasteiger partial charge in [-0.2, -0.15) is 9.61 Å². The summed E-state index contributed by atoms with van der Waals surface area (Å²) in [5.74, 6) is 2.08. The van der Waals surface area contributed by atoms with Crippen LogP contribution in [-0.4, -0.2) is 46.1 Å². The Kier molecular flexibility index (Phi) is 6.13. The van der Waals surface area contributed by atoms with Crippen molar-refractivity contribution >= 4 is 42.2 Å². The number of aliphatic hydroxyl groups is 1. The number of fused-ring (bicyclic) bond motifs is 1. The molecule has 1 fully saturated rings. The summed E-state index contributed by atoms with van der Waals surface area (Å²) in [4.78, 5) is 16.6. The molecule has 0 saturated heterocycles. The van der Waals surface area contributed by atoms with Crippen molar-refractivity contribution in [1.82, 2.24) is 14.6 Å². The molecule has 1 aliphatic rings. The van der Waals surface area contributed by atoms with Crippen molar-refractivity contribution in [2.24, 2.45) is 11.8 Å². The van der Waals surface area contributed by atoms with E-state index in [1.54, 1.807) is 10.7 Å². The Hall–Kier alpha value is -3.07. The van der Waals surface area contributed by atoms with E-state index in [1.807, 2.05) is 38.2 Å². The summed E-state index contributed by atoms with van der Waals surface area (Å²) in [6, 6.07) is 9.70. The molecule has 0 aliphatic heterocycles. The Morgan fingerprint density at radius 3 is 2.68 bits per heavy atom. The first-order chi connectivity index (χ1) is 14.9. The van der Waals surface area contributed by atoms with Gasteiger partial charge in [0.15, 0.2) is 5.65 Å². The minimum Gasteiger partial charge on any atom is -0.394 e. The van der Waals surface area contributed by atoms with Gasteiger partial charge in [0, 0.05) is 30.4 Å². The molecule has 1 atom stereocenters. The summed E-state index contributed by atoms with van der Waals surface area (Å²) in [7, 11) is 1.98. The molecule has 0 radical (unpaired) electrons. The second kappa shape index (κ2) is 8.97. The number of carbonyl (C=O) groups excluding carboxylic acids is 1. The largest absolute Gasteiger partial charge is 0.394 e. The predicted molar refractivity (Wildman–Crippen MR) is 126 cm³/mol. The highest BCUT2D eigenvalue weighted by Crippen LogP contribution is 2.30. The van der Waals surface area contributed by atoms with Gasteiger partial charge in [-0.3, -0.25) is 4.79 Å². The molecule has 2 heterocycles. The molecule has 31 heavy (non-hydrogen) atoms. The topological polar surface area (TPSA) is 104 Å². The van der Waals surface area contributed by atoms with Crippen LogP contribution in [0.15, 0.2) is 36.5 Å². The number of carbonyl (C=O) groups is 1. The average molecular weight is 420 g/mol. The number of aromatic nitrogens is 3. The lowest BCUT2D eigenvalue weighted by Crippen LogP contribution is -2.30. The molecule has 0 unspecified atom stereocenters. The van der Waals surface area contributed by atoms with Gasteiger partial charge in [0.1, 0.15) is 19.5 Å². The molecule has 8 nitrogen and oxygen atoms in total. The molecule has 4 N–H and O–H groups in total. The molecule has 2 aromatic heterocycles. The van der Waals surface area contributed by atoms with Crippen molar-refractivity contribution in [3.05, 3.63) is 42.1 Å². The number of hydrogen-bond acceptors (Lipinski definition) is 6. The van der Waals surface area contributed by atoms with Gasteiger partial charge < -0.3 is 21.1 Å². The highest BCUT2D eigenvalue weighted by Gasteiger charge is 2.29. The first-order valence-electron chi connectivity index (χ1n) is 10.8. The van der Waals surface area contributed by atoms with Gasteiger partial charge in [-0.05, 0) is 41.9 Å². The van der Waals surface area contributed by atoms with Crippen LogP contribution in [0.1, 0.15) is 32.3 Å². The van der Waals surface area contributed by atoms with E-state index in [4.69, 9.17) is 0 Å². The highest BCUT2D eigenvalue weighted by atomic mass is 16.3. The summed E-state index contributed by atoms with van der Waals surface area (Å²) >= 11 is 0. The molecular weight excluding hydrogens is 391 g/mol. The van der Waals surface area contributed by atoms with Gasteiger partial charge in [-0.25, -0.2) is 4.98 Å². The van der Waals surface area contributed by atoms with Crippen LogP contribution in [0.25, 0.3) is 5.65 Å². The maximum Gasteiger partial charge on any atom is 0.227 e. The summed E-state index contributed by atoms with van der Waals surface area (Å²) in [5.41, 5.74) is 3.66. The maximum atomic E-state index is 11.9. The van der Waals surface area contributed by atoms with Crippen LogP contribution in [0.3, 0.4) is 0 Å². The van der Waals surface area contributed by atoms with Crippen molar-refractivity contribution in [1.29, 1.82) is 0 Å². The second-order valence-electron chi connectivity index (χ2n) is 8.58. The number of benzene rings is 1. The van der Waals surface area contributed by atoms with E-state index in [9.17, 15) is 9.90 Å². The Balaban J connectivity index is 1.48. The number of amides is 1. The first-order valence-corrected chi connectivity index (χ1v) is 10.8. The number of nitrogens with one attached hydrogen (secondary N) is 3. The highest BCUT2D eigenvalue weighted by molar-refractivity contribution is 6.36. The third-order valence-corrected chi connectivity index (χ3v) is 5.63. The lowest BCUT2D eigenvalue weighted by molar-refractivity contribution is -0.117. The van der Waals surface area contributed by atoms with Crippen LogP contribution in [0.2, 0.25) is 0 Å². The fourth-order valence-corrected chi connectivity index (χ4v) is 3.37. The van der Waals surface area contributed by atoms with Crippen LogP contribution >= 0.6 is 0 Å². The Labute approximate surface area is 182 Å². The van der Waals surface area contributed by atoms with Gasteiger partial charge in [-0.1, -0.05) is 26.0 Å². The summed E-state index contributed by atoms with van der Waals surface area (Å²) in [6.45, 7) is 4.76. The van der Waals surface area contributed by atoms with Crippen LogP contribution in [0, 0.1) is 11.8 Å². The third-order valence-electron chi connectivity index (χ3n) is 5.63. The SMILES string of the molecule is Bc1cnn2c(NCc3ccc(NC(=O)C4CC4)cc3)cc(N[C@@H](CO)C(C)C)nc12. The van der Waals surface area contributed by atoms with E-state index in [1.165, 1.54) is 0 Å². The number of rotatable bonds is 9. The summed E-state index contributed by atoms with van der Waals surface area (Å²) in [5, 5.41) is 23.8. The Morgan fingerprint density at radius 2 is 2.03 bits per heavy atom. The van der Waals surface area contributed by atoms with Crippen LogP contribution < -0.4 is 21.4 Å². The normalized spacial score (nSPS) is 14.6. The van der Waals surface area contributed by atoms with E-state index in [0.29, 0.717) is 12.4 Å². The van der Waals surface area contributed by atoms with Gasteiger partial charge in [0.2, 0.25) is 5.91 Å². The van der Waals surface area contributed by atoms with E-state index < -0.39 is 0 Å². The predicted octanol–water partition coefficient (Wildman–Crippen LogP) is 1.38. The molecule has 0 spiro atoms. The second-order valence-corrected chi connectivity index (χ2v) is 8.58. The lowest BCUT2D eigenvalue weighted by Gasteiger charge is -2.21. The fraction of sp³-hybridized carbons (Fsp3) is 0.409. The zero-order valence-electron chi connectivity index (χ0n) is 18.2. The standard InChI is InChI=1S/C22H29BN6O2/c1-13(2)18(12-30)27-19-9-20(29-21(28-19)17(23)11-25-29)24-10-14-3-7-16(8-4-14)26-22(31)15-5-6-15/h3-4,7-9,11,13,15,18,24,30H,5-6,10,12,23H2,1-2H3,(H,26,31)(H,27,28)/t18-/m0/s1. The van der Waals surface area contributed by atoms with Gasteiger partial charge in [0.25, 0.3) is 0 Å². The van der Waals surface area contributed by atoms with Gasteiger partial charge in [0.05, 0.1) is 12.6 Å². The summed E-state index contributed by atoms with van der Waals surface area (Å²) < 4.78 is 1.79. The van der Waals surface area contributed by atoms with Crippen molar-refractivity contribution in [3.63, 3.8) is 0 Å². The first kappa shape index (κ1) is 21.2. The molecule has 3 aromatic rings. The van der Waals surface area contributed by atoms with Gasteiger partial charge >= 0.3 is 0 Å². The number of anilines is 3. The van der Waals surface area contributed by atoms with E-state index in [-0.39, 0.29) is 30.4 Å². The molecule has 0 bridgehead atoms. The molecule has 1 aliphatic carbocycles. The van der Waals surface area contributed by atoms with E-state index in [0.717, 1.165) is 41.0 Å². The van der Waals surface area contributed by atoms with Crippen molar-refractivity contribution < 1.29 is 9.90 Å². The zero-order valence-corrected chi connectivity index (χ0v) is 18.2. The Bertz CT molecular complexity index is 1060. The fourth-order valence-electron chi connectivity index (χ4n) is 3.37.